The Hall–Kier alpha value is -1.06. The molecule has 0 aliphatic heterocycles. The predicted octanol–water partition coefficient (Wildman–Crippen LogP) is 2.69. The van der Waals surface area contributed by atoms with E-state index >= 15 is 0 Å². The van der Waals surface area contributed by atoms with Crippen molar-refractivity contribution in [3.63, 3.8) is 0 Å². The molecule has 3 heteroatoms. The van der Waals surface area contributed by atoms with Crippen molar-refractivity contribution < 1.29 is 4.74 Å². The number of nitrogens with zero attached hydrogens (tertiary/aromatic N) is 1. The Balaban J connectivity index is 2.50. The van der Waals surface area contributed by atoms with Crippen molar-refractivity contribution in [2.45, 2.75) is 39.2 Å². The molecule has 108 valence electrons. The lowest BCUT2D eigenvalue weighted by Crippen LogP contribution is -2.34. The topological polar surface area (TPSA) is 38.5 Å². The number of unbranched alkanes of at least 4 members (excludes halogenated alkanes) is 1. The van der Waals surface area contributed by atoms with Crippen molar-refractivity contribution in [1.82, 2.24) is 4.90 Å². The Kier molecular flexibility index (Phi) is 7.53. The largest absolute Gasteiger partial charge is 0.496 e. The van der Waals surface area contributed by atoms with Crippen molar-refractivity contribution in [3.8, 4) is 5.75 Å². The lowest BCUT2D eigenvalue weighted by molar-refractivity contribution is 0.220. The second-order valence-electron chi connectivity index (χ2n) is 5.19. The van der Waals surface area contributed by atoms with Gasteiger partial charge in [-0.05, 0) is 57.8 Å². The van der Waals surface area contributed by atoms with E-state index in [-0.39, 0.29) is 0 Å². The summed E-state index contributed by atoms with van der Waals surface area (Å²) >= 11 is 0. The van der Waals surface area contributed by atoms with Gasteiger partial charge in [-0.15, -0.1) is 0 Å². The number of rotatable bonds is 9. The van der Waals surface area contributed by atoms with Crippen LogP contribution in [0.1, 0.15) is 32.3 Å². The highest BCUT2D eigenvalue weighted by molar-refractivity contribution is 5.33. The van der Waals surface area contributed by atoms with Gasteiger partial charge < -0.3 is 15.4 Å². The fourth-order valence-electron chi connectivity index (χ4n) is 2.26. The Morgan fingerprint density at radius 3 is 2.53 bits per heavy atom. The van der Waals surface area contributed by atoms with Crippen LogP contribution in [0.25, 0.3) is 0 Å². The number of hydrogen-bond acceptors (Lipinski definition) is 3. The first kappa shape index (κ1) is 16.0. The highest BCUT2D eigenvalue weighted by Gasteiger charge is 2.10. The van der Waals surface area contributed by atoms with Crippen molar-refractivity contribution in [1.29, 1.82) is 0 Å². The maximum Gasteiger partial charge on any atom is 0.122 e. The van der Waals surface area contributed by atoms with Crippen LogP contribution in [0.2, 0.25) is 0 Å². The minimum atomic E-state index is 0.576. The quantitative estimate of drug-likeness (QED) is 0.697. The molecule has 0 bridgehead atoms. The molecule has 0 unspecified atom stereocenters. The highest BCUT2D eigenvalue weighted by atomic mass is 16.5. The van der Waals surface area contributed by atoms with E-state index in [1.807, 2.05) is 12.1 Å². The molecule has 2 N–H and O–H groups in total. The Labute approximate surface area is 117 Å². The number of ether oxygens (including phenoxy) is 1. The molecular weight excluding hydrogens is 236 g/mol. The summed E-state index contributed by atoms with van der Waals surface area (Å²) in [7, 11) is 1.74. The maximum atomic E-state index is 5.56. The molecule has 0 heterocycles. The van der Waals surface area contributed by atoms with E-state index in [1.165, 1.54) is 12.0 Å². The zero-order chi connectivity index (χ0) is 14.1. The van der Waals surface area contributed by atoms with Gasteiger partial charge in [-0.25, -0.2) is 0 Å². The average molecular weight is 264 g/mol. The van der Waals surface area contributed by atoms with E-state index in [9.17, 15) is 0 Å². The molecule has 0 fully saturated rings. The summed E-state index contributed by atoms with van der Waals surface area (Å²) in [5.74, 6) is 0.994. The van der Waals surface area contributed by atoms with Gasteiger partial charge in [0.25, 0.3) is 0 Å². The van der Waals surface area contributed by atoms with E-state index in [4.69, 9.17) is 10.5 Å². The molecule has 1 aromatic rings. The summed E-state index contributed by atoms with van der Waals surface area (Å²) in [6, 6.07) is 8.85. The number of para-hydroxylation sites is 1. The van der Waals surface area contributed by atoms with Crippen molar-refractivity contribution in [2.75, 3.05) is 26.7 Å². The van der Waals surface area contributed by atoms with Crippen LogP contribution in [0.15, 0.2) is 24.3 Å². The first-order chi connectivity index (χ1) is 9.19. The molecular formula is C16H28N2O. The SMILES string of the molecule is COc1ccccc1CCN(CCCCN)C(C)C. The lowest BCUT2D eigenvalue weighted by Gasteiger charge is -2.26. The Morgan fingerprint density at radius 1 is 1.16 bits per heavy atom. The monoisotopic (exact) mass is 264 g/mol. The van der Waals surface area contributed by atoms with Crippen LogP contribution in [0.4, 0.5) is 0 Å². The third-order valence-corrected chi connectivity index (χ3v) is 3.49. The molecule has 0 radical (unpaired) electrons. The molecule has 0 saturated carbocycles. The van der Waals surface area contributed by atoms with Gasteiger partial charge in [0.15, 0.2) is 0 Å². The molecule has 0 aliphatic rings. The van der Waals surface area contributed by atoms with Crippen LogP contribution in [0, 0.1) is 0 Å². The first-order valence-electron chi connectivity index (χ1n) is 7.25. The van der Waals surface area contributed by atoms with Crippen LogP contribution in [-0.2, 0) is 6.42 Å². The van der Waals surface area contributed by atoms with Crippen LogP contribution in [0.3, 0.4) is 0 Å². The Bertz CT molecular complexity index is 352. The molecule has 0 atom stereocenters. The third kappa shape index (κ3) is 5.62. The van der Waals surface area contributed by atoms with Gasteiger partial charge in [0.2, 0.25) is 0 Å². The summed E-state index contributed by atoms with van der Waals surface area (Å²) < 4.78 is 5.40. The molecule has 0 amide bonds. The van der Waals surface area contributed by atoms with Crippen LogP contribution in [0.5, 0.6) is 5.75 Å². The molecule has 1 aromatic carbocycles. The average Bonchev–Trinajstić information content (AvgIpc) is 2.42. The van der Waals surface area contributed by atoms with E-state index in [2.05, 4.69) is 30.9 Å². The summed E-state index contributed by atoms with van der Waals surface area (Å²) in [6.07, 6.45) is 3.32. The third-order valence-electron chi connectivity index (χ3n) is 3.49. The minimum absolute atomic E-state index is 0.576. The second-order valence-corrected chi connectivity index (χ2v) is 5.19. The fraction of sp³-hybridized carbons (Fsp3) is 0.625. The van der Waals surface area contributed by atoms with Gasteiger partial charge in [0.1, 0.15) is 5.75 Å². The molecule has 19 heavy (non-hydrogen) atoms. The van der Waals surface area contributed by atoms with Crippen LogP contribution >= 0.6 is 0 Å². The van der Waals surface area contributed by atoms with E-state index in [1.54, 1.807) is 7.11 Å². The van der Waals surface area contributed by atoms with Crippen molar-refractivity contribution >= 4 is 0 Å². The van der Waals surface area contributed by atoms with Gasteiger partial charge in [0.05, 0.1) is 7.11 Å². The minimum Gasteiger partial charge on any atom is -0.496 e. The zero-order valence-electron chi connectivity index (χ0n) is 12.6. The first-order valence-corrected chi connectivity index (χ1v) is 7.25. The zero-order valence-corrected chi connectivity index (χ0v) is 12.6. The highest BCUT2D eigenvalue weighted by Crippen LogP contribution is 2.18. The van der Waals surface area contributed by atoms with Crippen LogP contribution in [-0.4, -0.2) is 37.7 Å². The normalized spacial score (nSPS) is 11.3. The van der Waals surface area contributed by atoms with Crippen LogP contribution < -0.4 is 10.5 Å². The molecule has 0 aromatic heterocycles. The van der Waals surface area contributed by atoms with Crippen molar-refractivity contribution in [3.05, 3.63) is 29.8 Å². The number of methoxy groups -OCH3 is 1. The smallest absolute Gasteiger partial charge is 0.122 e. The van der Waals surface area contributed by atoms with E-state index in [0.717, 1.165) is 38.2 Å². The van der Waals surface area contributed by atoms with Crippen molar-refractivity contribution in [2.24, 2.45) is 5.73 Å². The molecule has 0 saturated heterocycles. The fourth-order valence-corrected chi connectivity index (χ4v) is 2.26. The van der Waals surface area contributed by atoms with Gasteiger partial charge in [-0.2, -0.15) is 0 Å². The van der Waals surface area contributed by atoms with Gasteiger partial charge in [-0.1, -0.05) is 18.2 Å². The standard InChI is InChI=1S/C16H28N2O/c1-14(2)18(12-7-6-11-17)13-10-15-8-4-5-9-16(15)19-3/h4-5,8-9,14H,6-7,10-13,17H2,1-3H3. The van der Waals surface area contributed by atoms with Gasteiger partial charge in [-0.3, -0.25) is 0 Å². The maximum absolute atomic E-state index is 5.56. The number of hydrogen-bond donors (Lipinski definition) is 1. The summed E-state index contributed by atoms with van der Waals surface area (Å²) in [4.78, 5) is 2.52. The van der Waals surface area contributed by atoms with E-state index in [0.29, 0.717) is 6.04 Å². The predicted molar refractivity (Wildman–Crippen MR) is 81.7 cm³/mol. The second kappa shape index (κ2) is 8.94. The summed E-state index contributed by atoms with van der Waals surface area (Å²) in [5, 5.41) is 0. The molecule has 0 spiro atoms. The molecule has 0 aliphatic carbocycles. The number of nitrogens with two attached hydrogens (primary N) is 1. The lowest BCUT2D eigenvalue weighted by atomic mass is 10.1. The summed E-state index contributed by atoms with van der Waals surface area (Å²) in [5.41, 5.74) is 6.85. The van der Waals surface area contributed by atoms with E-state index < -0.39 is 0 Å². The summed E-state index contributed by atoms with van der Waals surface area (Å²) in [6.45, 7) is 7.50. The van der Waals surface area contributed by atoms with Gasteiger partial charge >= 0.3 is 0 Å². The molecule has 3 nitrogen and oxygen atoms in total. The van der Waals surface area contributed by atoms with Gasteiger partial charge in [0, 0.05) is 12.6 Å². The molecule has 1 rings (SSSR count). The Morgan fingerprint density at radius 2 is 1.89 bits per heavy atom. The number of benzene rings is 1.